The van der Waals surface area contributed by atoms with Gasteiger partial charge in [0.25, 0.3) is 0 Å². The molecule has 0 aromatic carbocycles. The van der Waals surface area contributed by atoms with Crippen molar-refractivity contribution < 1.29 is 0 Å². The van der Waals surface area contributed by atoms with Crippen molar-refractivity contribution in [1.82, 2.24) is 14.8 Å². The maximum Gasteiger partial charge on any atom is 0.172 e. The van der Waals surface area contributed by atoms with Gasteiger partial charge < -0.3 is 0 Å². The summed E-state index contributed by atoms with van der Waals surface area (Å²) in [6.45, 7) is 9.89. The summed E-state index contributed by atoms with van der Waals surface area (Å²) in [4.78, 5) is 4.13. The van der Waals surface area contributed by atoms with Crippen LogP contribution in [0.1, 0.15) is 33.4 Å². The van der Waals surface area contributed by atoms with Crippen molar-refractivity contribution >= 4 is 23.2 Å². The third kappa shape index (κ3) is 4.31. The van der Waals surface area contributed by atoms with Gasteiger partial charge in [-0.2, -0.15) is 5.10 Å². The summed E-state index contributed by atoms with van der Waals surface area (Å²) in [7, 11) is 0. The van der Waals surface area contributed by atoms with Crippen molar-refractivity contribution in [2.45, 2.75) is 34.6 Å². The third-order valence-electron chi connectivity index (χ3n) is 1.80. The second-order valence-electron chi connectivity index (χ2n) is 2.83. The van der Waals surface area contributed by atoms with Crippen LogP contribution >= 0.6 is 23.2 Å². The monoisotopic (exact) mass is 287 g/mol. The lowest BCUT2D eigenvalue weighted by molar-refractivity contribution is 0.818. The molecule has 0 spiro atoms. The standard InChI is InChI=1S/C9H7Cl2N3.2C2H6/c1-6-5-8(11)13-14(6)9-7(10)3-2-4-12-9;2*1-2/h2-5H,1H3;2*1-2H3. The molecule has 0 N–H and O–H groups in total. The molecule has 2 heterocycles. The highest BCUT2D eigenvalue weighted by Crippen LogP contribution is 2.19. The van der Waals surface area contributed by atoms with Crippen LogP contribution in [-0.4, -0.2) is 14.8 Å². The maximum atomic E-state index is 5.97. The molecular formula is C13H19Cl2N3. The summed E-state index contributed by atoms with van der Waals surface area (Å²) in [6.07, 6.45) is 1.66. The van der Waals surface area contributed by atoms with Crippen LogP contribution in [-0.2, 0) is 0 Å². The summed E-state index contributed by atoms with van der Waals surface area (Å²) in [5, 5.41) is 5.06. The highest BCUT2D eigenvalue weighted by atomic mass is 35.5. The van der Waals surface area contributed by atoms with Gasteiger partial charge in [0.2, 0.25) is 0 Å². The SMILES string of the molecule is CC.CC.Cc1cc(Cl)nn1-c1ncccc1Cl. The number of hydrogen-bond acceptors (Lipinski definition) is 2. The minimum Gasteiger partial charge on any atom is -0.236 e. The first-order valence-corrected chi connectivity index (χ1v) is 6.77. The predicted molar refractivity (Wildman–Crippen MR) is 78.8 cm³/mol. The molecule has 0 amide bonds. The van der Waals surface area contributed by atoms with Crippen LogP contribution in [0.5, 0.6) is 0 Å². The molecule has 0 saturated heterocycles. The van der Waals surface area contributed by atoms with E-state index in [1.54, 1.807) is 29.1 Å². The molecular weight excluding hydrogens is 269 g/mol. The molecule has 100 valence electrons. The average Bonchev–Trinajstić information content (AvgIpc) is 2.74. The van der Waals surface area contributed by atoms with Gasteiger partial charge in [0, 0.05) is 11.9 Å². The van der Waals surface area contributed by atoms with Crippen molar-refractivity contribution in [1.29, 1.82) is 0 Å². The van der Waals surface area contributed by atoms with Crippen LogP contribution in [0.25, 0.3) is 5.82 Å². The van der Waals surface area contributed by atoms with Gasteiger partial charge in [-0.25, -0.2) is 9.67 Å². The lowest BCUT2D eigenvalue weighted by Gasteiger charge is -2.03. The highest BCUT2D eigenvalue weighted by Gasteiger charge is 2.08. The summed E-state index contributed by atoms with van der Waals surface area (Å²) in [6, 6.07) is 5.29. The number of rotatable bonds is 1. The molecule has 0 aliphatic carbocycles. The molecule has 2 aromatic heterocycles. The zero-order valence-corrected chi connectivity index (χ0v) is 12.9. The summed E-state index contributed by atoms with van der Waals surface area (Å²) in [5.74, 6) is 0.596. The molecule has 2 rings (SSSR count). The van der Waals surface area contributed by atoms with Crippen molar-refractivity contribution in [2.24, 2.45) is 0 Å². The summed E-state index contributed by atoms with van der Waals surface area (Å²) >= 11 is 11.7. The van der Waals surface area contributed by atoms with Crippen molar-refractivity contribution in [3.63, 3.8) is 0 Å². The Balaban J connectivity index is 0.000000659. The molecule has 0 radical (unpaired) electrons. The van der Waals surface area contributed by atoms with E-state index in [0.29, 0.717) is 16.0 Å². The van der Waals surface area contributed by atoms with E-state index in [1.165, 1.54) is 0 Å². The number of aryl methyl sites for hydroxylation is 1. The molecule has 0 bridgehead atoms. The van der Waals surface area contributed by atoms with Crippen molar-refractivity contribution in [3.8, 4) is 5.82 Å². The Bertz CT molecular complexity index is 467. The van der Waals surface area contributed by atoms with Gasteiger partial charge in [-0.3, -0.25) is 0 Å². The van der Waals surface area contributed by atoms with Crippen molar-refractivity contribution in [3.05, 3.63) is 40.3 Å². The van der Waals surface area contributed by atoms with Gasteiger partial charge in [0.15, 0.2) is 11.0 Å². The zero-order valence-electron chi connectivity index (χ0n) is 11.4. The lowest BCUT2D eigenvalue weighted by atomic mass is 10.4. The van der Waals surface area contributed by atoms with Crippen LogP contribution in [0, 0.1) is 6.92 Å². The Kier molecular flexibility index (Phi) is 8.42. The molecule has 0 fully saturated rings. The first-order chi connectivity index (χ1) is 8.68. The fraction of sp³-hybridized carbons (Fsp3) is 0.385. The van der Waals surface area contributed by atoms with Crippen LogP contribution < -0.4 is 0 Å². The van der Waals surface area contributed by atoms with E-state index in [4.69, 9.17) is 23.2 Å². The maximum absolute atomic E-state index is 5.97. The molecule has 0 aliphatic rings. The first kappa shape index (κ1) is 16.9. The van der Waals surface area contributed by atoms with Crippen LogP contribution in [0.3, 0.4) is 0 Å². The van der Waals surface area contributed by atoms with Gasteiger partial charge >= 0.3 is 0 Å². The number of aromatic nitrogens is 3. The summed E-state index contributed by atoms with van der Waals surface area (Å²) < 4.78 is 1.62. The second kappa shape index (κ2) is 8.95. The van der Waals surface area contributed by atoms with Crippen LogP contribution in [0.2, 0.25) is 10.2 Å². The number of hydrogen-bond donors (Lipinski definition) is 0. The fourth-order valence-corrected chi connectivity index (χ4v) is 1.62. The smallest absolute Gasteiger partial charge is 0.172 e. The Hall–Kier alpha value is -1.06. The molecule has 0 aliphatic heterocycles. The molecule has 2 aromatic rings. The molecule has 0 unspecified atom stereocenters. The van der Waals surface area contributed by atoms with E-state index in [9.17, 15) is 0 Å². The molecule has 3 nitrogen and oxygen atoms in total. The summed E-state index contributed by atoms with van der Waals surface area (Å²) in [5.41, 5.74) is 0.899. The van der Waals surface area contributed by atoms with Gasteiger partial charge in [-0.05, 0) is 25.1 Å². The normalized spacial score (nSPS) is 8.83. The number of halogens is 2. The van der Waals surface area contributed by atoms with Gasteiger partial charge in [-0.1, -0.05) is 50.9 Å². The van der Waals surface area contributed by atoms with Gasteiger partial charge in [-0.15, -0.1) is 0 Å². The fourth-order valence-electron chi connectivity index (χ4n) is 1.18. The molecule has 0 saturated carbocycles. The van der Waals surface area contributed by atoms with Gasteiger partial charge in [0.05, 0.1) is 5.02 Å². The van der Waals surface area contributed by atoms with E-state index < -0.39 is 0 Å². The largest absolute Gasteiger partial charge is 0.236 e. The molecule has 5 heteroatoms. The number of pyridine rings is 1. The minimum atomic E-state index is 0.434. The average molecular weight is 288 g/mol. The third-order valence-corrected chi connectivity index (χ3v) is 2.28. The Morgan fingerprint density at radius 1 is 1.11 bits per heavy atom. The zero-order chi connectivity index (χ0) is 14.1. The first-order valence-electron chi connectivity index (χ1n) is 6.01. The molecule has 0 atom stereocenters. The van der Waals surface area contributed by atoms with E-state index in [1.807, 2.05) is 34.6 Å². The topological polar surface area (TPSA) is 30.7 Å². The van der Waals surface area contributed by atoms with E-state index >= 15 is 0 Å². The van der Waals surface area contributed by atoms with Crippen LogP contribution in [0.15, 0.2) is 24.4 Å². The quantitative estimate of drug-likeness (QED) is 0.744. The molecule has 18 heavy (non-hydrogen) atoms. The van der Waals surface area contributed by atoms with Crippen molar-refractivity contribution in [2.75, 3.05) is 0 Å². The lowest BCUT2D eigenvalue weighted by Crippen LogP contribution is -2.01. The Morgan fingerprint density at radius 3 is 2.17 bits per heavy atom. The minimum absolute atomic E-state index is 0.434. The van der Waals surface area contributed by atoms with Gasteiger partial charge in [0.1, 0.15) is 0 Å². The van der Waals surface area contributed by atoms with E-state index in [-0.39, 0.29) is 0 Å². The highest BCUT2D eigenvalue weighted by molar-refractivity contribution is 6.32. The van der Waals surface area contributed by atoms with Crippen LogP contribution in [0.4, 0.5) is 0 Å². The Labute approximate surface area is 119 Å². The van der Waals surface area contributed by atoms with E-state index in [2.05, 4.69) is 10.1 Å². The van der Waals surface area contributed by atoms with E-state index in [0.717, 1.165) is 5.69 Å². The Morgan fingerprint density at radius 2 is 1.72 bits per heavy atom. The predicted octanol–water partition coefficient (Wildman–Crippen LogP) is 4.93. The number of nitrogens with zero attached hydrogens (tertiary/aromatic N) is 3. The second-order valence-corrected chi connectivity index (χ2v) is 3.62.